The summed E-state index contributed by atoms with van der Waals surface area (Å²) < 4.78 is 29.6. The Hall–Kier alpha value is -2.59. The van der Waals surface area contributed by atoms with Gasteiger partial charge in [0.15, 0.2) is 0 Å². The largest absolute Gasteiger partial charge is 0.352 e. The summed E-state index contributed by atoms with van der Waals surface area (Å²) in [7, 11) is -4.16. The van der Waals surface area contributed by atoms with Crippen molar-refractivity contribution in [1.82, 2.24) is 10.2 Å². The number of nitrogens with zero attached hydrogens (tertiary/aromatic N) is 2. The first-order valence-corrected chi connectivity index (χ1v) is 15.7. The van der Waals surface area contributed by atoms with E-state index in [1.807, 2.05) is 20.8 Å². The van der Waals surface area contributed by atoms with Crippen LogP contribution in [-0.4, -0.2) is 43.8 Å². The van der Waals surface area contributed by atoms with Crippen molar-refractivity contribution in [2.45, 2.75) is 57.6 Å². The van der Waals surface area contributed by atoms with Gasteiger partial charge in [-0.15, -0.1) is 0 Å². The standard InChI is InChI=1S/C29H32BrCl2N3O4S/c1-5-27(29(37)33-19(2)3)34(17-24-25(31)7-6-8-26(24)32)28(36)18-35(22-13-11-21(30)12-14-22)40(38,39)23-15-9-20(4)10-16-23/h6-16,19,27H,5,17-18H2,1-4H3,(H,33,37)/t27-/m0/s1. The average molecular weight is 669 g/mol. The molecule has 2 amide bonds. The Morgan fingerprint density at radius 1 is 0.950 bits per heavy atom. The molecular weight excluding hydrogens is 637 g/mol. The fourth-order valence-corrected chi connectivity index (χ4v) is 6.32. The SMILES string of the molecule is CC[C@@H](C(=O)NC(C)C)N(Cc1c(Cl)cccc1Cl)C(=O)CN(c1ccc(Br)cc1)S(=O)(=O)c1ccc(C)cc1. The number of sulfonamides is 1. The number of aryl methyl sites for hydroxylation is 1. The normalized spacial score (nSPS) is 12.2. The molecule has 0 aliphatic carbocycles. The maximum absolute atomic E-state index is 14.1. The van der Waals surface area contributed by atoms with Crippen LogP contribution in [0.5, 0.6) is 0 Å². The van der Waals surface area contributed by atoms with E-state index in [9.17, 15) is 18.0 Å². The molecule has 0 aromatic heterocycles. The second-order valence-corrected chi connectivity index (χ2v) is 13.2. The first-order chi connectivity index (χ1) is 18.8. The van der Waals surface area contributed by atoms with Crippen LogP contribution in [0, 0.1) is 6.92 Å². The van der Waals surface area contributed by atoms with Crippen molar-refractivity contribution in [3.63, 3.8) is 0 Å². The van der Waals surface area contributed by atoms with E-state index in [4.69, 9.17) is 23.2 Å². The summed E-state index contributed by atoms with van der Waals surface area (Å²) in [6.07, 6.45) is 0.287. The van der Waals surface area contributed by atoms with Gasteiger partial charge in [0, 0.05) is 32.7 Å². The molecule has 0 radical (unpaired) electrons. The summed E-state index contributed by atoms with van der Waals surface area (Å²) in [4.78, 5) is 28.7. The van der Waals surface area contributed by atoms with Gasteiger partial charge in [-0.1, -0.05) is 69.8 Å². The highest BCUT2D eigenvalue weighted by Crippen LogP contribution is 2.29. The highest BCUT2D eigenvalue weighted by Gasteiger charge is 2.34. The van der Waals surface area contributed by atoms with Gasteiger partial charge >= 0.3 is 0 Å². The van der Waals surface area contributed by atoms with E-state index in [0.29, 0.717) is 21.3 Å². The molecule has 214 valence electrons. The van der Waals surface area contributed by atoms with Crippen molar-refractivity contribution < 1.29 is 18.0 Å². The van der Waals surface area contributed by atoms with E-state index < -0.39 is 28.5 Å². The number of carbonyl (C=O) groups is 2. The van der Waals surface area contributed by atoms with E-state index in [1.54, 1.807) is 61.5 Å². The van der Waals surface area contributed by atoms with Crippen molar-refractivity contribution in [2.75, 3.05) is 10.8 Å². The summed E-state index contributed by atoms with van der Waals surface area (Å²) in [5.41, 5.74) is 1.66. The summed E-state index contributed by atoms with van der Waals surface area (Å²) >= 11 is 16.3. The molecule has 3 aromatic carbocycles. The molecule has 0 spiro atoms. The van der Waals surface area contributed by atoms with Crippen molar-refractivity contribution in [2.24, 2.45) is 0 Å². The Morgan fingerprint density at radius 2 is 1.52 bits per heavy atom. The minimum Gasteiger partial charge on any atom is -0.352 e. The van der Waals surface area contributed by atoms with Crippen LogP contribution in [0.2, 0.25) is 10.0 Å². The highest BCUT2D eigenvalue weighted by atomic mass is 79.9. The number of amides is 2. The number of hydrogen-bond acceptors (Lipinski definition) is 4. The molecule has 11 heteroatoms. The lowest BCUT2D eigenvalue weighted by Gasteiger charge is -2.34. The Morgan fingerprint density at radius 3 is 2.05 bits per heavy atom. The van der Waals surface area contributed by atoms with Crippen molar-refractivity contribution in [1.29, 1.82) is 0 Å². The maximum atomic E-state index is 14.1. The third-order valence-corrected chi connectivity index (χ3v) is 9.23. The molecule has 40 heavy (non-hydrogen) atoms. The average Bonchev–Trinajstić information content (AvgIpc) is 2.89. The summed E-state index contributed by atoms with van der Waals surface area (Å²) in [6, 6.07) is 17.0. The summed E-state index contributed by atoms with van der Waals surface area (Å²) in [6.45, 7) is 6.66. The quantitative estimate of drug-likeness (QED) is 0.250. The third kappa shape index (κ3) is 7.78. The second-order valence-electron chi connectivity index (χ2n) is 9.61. The highest BCUT2D eigenvalue weighted by molar-refractivity contribution is 9.10. The number of rotatable bonds is 11. The van der Waals surface area contributed by atoms with Crippen LogP contribution >= 0.6 is 39.1 Å². The van der Waals surface area contributed by atoms with Gasteiger partial charge in [-0.05, 0) is 75.7 Å². The number of hydrogen-bond donors (Lipinski definition) is 1. The van der Waals surface area contributed by atoms with Crippen molar-refractivity contribution in [3.05, 3.63) is 92.4 Å². The predicted octanol–water partition coefficient (Wildman–Crippen LogP) is 6.59. The summed E-state index contributed by atoms with van der Waals surface area (Å²) in [5, 5.41) is 3.53. The van der Waals surface area contributed by atoms with Gasteiger partial charge < -0.3 is 10.2 Å². The van der Waals surface area contributed by atoms with Crippen molar-refractivity contribution >= 4 is 66.7 Å². The van der Waals surface area contributed by atoms with Crippen LogP contribution in [0.4, 0.5) is 5.69 Å². The molecule has 0 saturated carbocycles. The molecule has 3 aromatic rings. The first-order valence-electron chi connectivity index (χ1n) is 12.7. The number of nitrogens with one attached hydrogen (secondary N) is 1. The molecule has 0 unspecified atom stereocenters. The Bertz CT molecular complexity index is 1430. The molecule has 1 atom stereocenters. The number of benzene rings is 3. The van der Waals surface area contributed by atoms with Gasteiger partial charge in [-0.3, -0.25) is 13.9 Å². The zero-order valence-corrected chi connectivity index (χ0v) is 26.6. The predicted molar refractivity (Wildman–Crippen MR) is 164 cm³/mol. The van der Waals surface area contributed by atoms with Crippen LogP contribution in [0.15, 0.2) is 76.1 Å². The van der Waals surface area contributed by atoms with Gasteiger partial charge in [0.2, 0.25) is 11.8 Å². The van der Waals surface area contributed by atoms with Crippen LogP contribution < -0.4 is 9.62 Å². The monoisotopic (exact) mass is 667 g/mol. The van der Waals surface area contributed by atoms with Gasteiger partial charge in [0.05, 0.1) is 10.6 Å². The van der Waals surface area contributed by atoms with E-state index in [0.717, 1.165) is 14.3 Å². The Kier molecular flexibility index (Phi) is 11.1. The van der Waals surface area contributed by atoms with Crippen LogP contribution in [-0.2, 0) is 26.2 Å². The molecule has 0 heterocycles. The van der Waals surface area contributed by atoms with E-state index >= 15 is 0 Å². The lowest BCUT2D eigenvalue weighted by Crippen LogP contribution is -2.53. The second kappa shape index (κ2) is 13.9. The number of anilines is 1. The zero-order valence-electron chi connectivity index (χ0n) is 22.7. The number of halogens is 3. The molecule has 7 nitrogen and oxygen atoms in total. The van der Waals surface area contributed by atoms with Gasteiger partial charge in [-0.25, -0.2) is 8.42 Å². The maximum Gasteiger partial charge on any atom is 0.264 e. The molecule has 0 bridgehead atoms. The molecule has 1 N–H and O–H groups in total. The smallest absolute Gasteiger partial charge is 0.264 e. The van der Waals surface area contributed by atoms with Gasteiger partial charge in [-0.2, -0.15) is 0 Å². The zero-order chi connectivity index (χ0) is 29.6. The molecule has 0 aliphatic rings. The van der Waals surface area contributed by atoms with Gasteiger partial charge in [0.1, 0.15) is 12.6 Å². The van der Waals surface area contributed by atoms with E-state index in [1.165, 1.54) is 17.0 Å². The molecule has 0 fully saturated rings. The Labute approximate surface area is 254 Å². The minimum absolute atomic E-state index is 0.0408. The molecule has 0 aliphatic heterocycles. The van der Waals surface area contributed by atoms with E-state index in [-0.39, 0.29) is 29.8 Å². The van der Waals surface area contributed by atoms with Gasteiger partial charge in [0.25, 0.3) is 10.0 Å². The van der Waals surface area contributed by atoms with Crippen LogP contribution in [0.25, 0.3) is 0 Å². The molecule has 0 saturated heterocycles. The minimum atomic E-state index is -4.16. The van der Waals surface area contributed by atoms with E-state index in [2.05, 4.69) is 21.2 Å². The fourth-order valence-electron chi connectivity index (χ4n) is 4.13. The fraction of sp³-hybridized carbons (Fsp3) is 0.310. The van der Waals surface area contributed by atoms with Crippen LogP contribution in [0.3, 0.4) is 0 Å². The van der Waals surface area contributed by atoms with Crippen LogP contribution in [0.1, 0.15) is 38.3 Å². The lowest BCUT2D eigenvalue weighted by molar-refractivity contribution is -0.140. The third-order valence-electron chi connectivity index (χ3n) is 6.21. The Balaban J connectivity index is 2.10. The molecular formula is C29H32BrCl2N3O4S. The molecule has 3 rings (SSSR count). The topological polar surface area (TPSA) is 86.8 Å². The first kappa shape index (κ1) is 31.9. The van der Waals surface area contributed by atoms with Crippen molar-refractivity contribution in [3.8, 4) is 0 Å². The lowest BCUT2D eigenvalue weighted by atomic mass is 10.1. The number of carbonyl (C=O) groups excluding carboxylic acids is 2. The summed E-state index contributed by atoms with van der Waals surface area (Å²) in [5.74, 6) is -0.939.